The standard InChI is InChI=1S/C9H14N2O2S.2ClH/c1-6-8(9(12)13-2)14-7(11-6)4-3-5-10;;/h3-5,10H2,1-2H3;2*1H. The minimum atomic E-state index is -0.306. The van der Waals surface area contributed by atoms with Gasteiger partial charge in [-0.15, -0.1) is 36.2 Å². The summed E-state index contributed by atoms with van der Waals surface area (Å²) < 4.78 is 4.64. The Kier molecular flexibility index (Phi) is 9.86. The summed E-state index contributed by atoms with van der Waals surface area (Å²) in [6.07, 6.45) is 1.73. The van der Waals surface area contributed by atoms with Gasteiger partial charge in [-0.1, -0.05) is 0 Å². The number of ether oxygens (including phenoxy) is 1. The van der Waals surface area contributed by atoms with Gasteiger partial charge in [0.05, 0.1) is 17.8 Å². The fourth-order valence-corrected chi connectivity index (χ4v) is 2.12. The number of methoxy groups -OCH3 is 1. The van der Waals surface area contributed by atoms with E-state index in [4.69, 9.17) is 5.73 Å². The number of carbonyl (C=O) groups excluding carboxylic acids is 1. The maximum absolute atomic E-state index is 11.2. The van der Waals surface area contributed by atoms with Crippen molar-refractivity contribution < 1.29 is 9.53 Å². The van der Waals surface area contributed by atoms with E-state index in [-0.39, 0.29) is 30.8 Å². The van der Waals surface area contributed by atoms with Crippen molar-refractivity contribution in [3.05, 3.63) is 15.6 Å². The molecule has 0 unspecified atom stereocenters. The van der Waals surface area contributed by atoms with Gasteiger partial charge in [0.2, 0.25) is 0 Å². The molecule has 0 aliphatic heterocycles. The summed E-state index contributed by atoms with van der Waals surface area (Å²) in [5, 5.41) is 0.952. The molecule has 16 heavy (non-hydrogen) atoms. The normalized spacial score (nSPS) is 8.94. The summed E-state index contributed by atoms with van der Waals surface area (Å²) >= 11 is 1.39. The minimum absolute atomic E-state index is 0. The Morgan fingerprint density at radius 2 is 2.12 bits per heavy atom. The lowest BCUT2D eigenvalue weighted by Gasteiger charge is -1.93. The molecule has 0 spiro atoms. The summed E-state index contributed by atoms with van der Waals surface area (Å²) in [5.74, 6) is -0.306. The highest BCUT2D eigenvalue weighted by molar-refractivity contribution is 7.13. The van der Waals surface area contributed by atoms with Gasteiger partial charge in [-0.05, 0) is 19.9 Å². The van der Waals surface area contributed by atoms with Crippen molar-refractivity contribution in [2.24, 2.45) is 5.73 Å². The average molecular weight is 287 g/mol. The van der Waals surface area contributed by atoms with Crippen molar-refractivity contribution in [1.82, 2.24) is 4.98 Å². The Morgan fingerprint density at radius 1 is 1.50 bits per heavy atom. The highest BCUT2D eigenvalue weighted by Gasteiger charge is 2.14. The van der Waals surface area contributed by atoms with Crippen molar-refractivity contribution >= 4 is 42.1 Å². The number of carbonyl (C=O) groups is 1. The van der Waals surface area contributed by atoms with Crippen LogP contribution in [0.1, 0.15) is 26.8 Å². The Balaban J connectivity index is 0. The molecule has 0 saturated carbocycles. The zero-order chi connectivity index (χ0) is 10.6. The van der Waals surface area contributed by atoms with Crippen molar-refractivity contribution in [2.45, 2.75) is 19.8 Å². The van der Waals surface area contributed by atoms with Crippen LogP contribution in [0, 0.1) is 6.92 Å². The van der Waals surface area contributed by atoms with E-state index in [9.17, 15) is 4.79 Å². The number of aromatic nitrogens is 1. The van der Waals surface area contributed by atoms with Crippen LogP contribution in [0.5, 0.6) is 0 Å². The smallest absolute Gasteiger partial charge is 0.349 e. The van der Waals surface area contributed by atoms with Gasteiger partial charge in [-0.2, -0.15) is 0 Å². The zero-order valence-corrected chi connectivity index (χ0v) is 11.6. The van der Waals surface area contributed by atoms with Crippen molar-refractivity contribution in [2.75, 3.05) is 13.7 Å². The van der Waals surface area contributed by atoms with Crippen molar-refractivity contribution in [1.29, 1.82) is 0 Å². The largest absolute Gasteiger partial charge is 0.465 e. The number of esters is 1. The Morgan fingerprint density at radius 3 is 2.62 bits per heavy atom. The summed E-state index contributed by atoms with van der Waals surface area (Å²) in [6.45, 7) is 2.46. The SMILES string of the molecule is COC(=O)c1sc(CCCN)nc1C.Cl.Cl. The molecule has 0 fully saturated rings. The third kappa shape index (κ3) is 4.65. The van der Waals surface area contributed by atoms with Gasteiger partial charge in [-0.25, -0.2) is 9.78 Å². The van der Waals surface area contributed by atoms with E-state index >= 15 is 0 Å². The number of hydrogen-bond donors (Lipinski definition) is 1. The van der Waals surface area contributed by atoms with Crippen LogP contribution < -0.4 is 5.73 Å². The number of nitrogens with zero attached hydrogens (tertiary/aromatic N) is 1. The van der Waals surface area contributed by atoms with Crippen LogP contribution in [-0.4, -0.2) is 24.6 Å². The van der Waals surface area contributed by atoms with Gasteiger partial charge in [0.15, 0.2) is 0 Å². The van der Waals surface area contributed by atoms with Gasteiger partial charge in [0.1, 0.15) is 4.88 Å². The summed E-state index contributed by atoms with van der Waals surface area (Å²) in [5.41, 5.74) is 6.14. The molecule has 0 atom stereocenters. The van der Waals surface area contributed by atoms with Gasteiger partial charge >= 0.3 is 5.97 Å². The number of hydrogen-bond acceptors (Lipinski definition) is 5. The quantitative estimate of drug-likeness (QED) is 0.860. The molecule has 0 amide bonds. The molecular weight excluding hydrogens is 271 g/mol. The molecule has 7 heteroatoms. The molecule has 94 valence electrons. The molecule has 1 aromatic rings. The molecule has 1 heterocycles. The number of thiazole rings is 1. The summed E-state index contributed by atoms with van der Waals surface area (Å²) in [4.78, 5) is 16.1. The number of halogens is 2. The minimum Gasteiger partial charge on any atom is -0.465 e. The van der Waals surface area contributed by atoms with Crippen LogP contribution in [0.4, 0.5) is 0 Å². The number of nitrogens with two attached hydrogens (primary N) is 1. The lowest BCUT2D eigenvalue weighted by Crippen LogP contribution is -1.99. The van der Waals surface area contributed by atoms with Crippen LogP contribution in [-0.2, 0) is 11.2 Å². The van der Waals surface area contributed by atoms with Gasteiger partial charge < -0.3 is 10.5 Å². The van der Waals surface area contributed by atoms with E-state index in [1.807, 2.05) is 6.92 Å². The number of aryl methyl sites for hydroxylation is 2. The van der Waals surface area contributed by atoms with Crippen molar-refractivity contribution in [3.63, 3.8) is 0 Å². The van der Waals surface area contributed by atoms with Gasteiger partial charge in [0.25, 0.3) is 0 Å². The maximum Gasteiger partial charge on any atom is 0.349 e. The van der Waals surface area contributed by atoms with Crippen LogP contribution in [0.15, 0.2) is 0 Å². The molecular formula is C9H16Cl2N2O2S. The first-order valence-electron chi connectivity index (χ1n) is 4.43. The first-order valence-corrected chi connectivity index (χ1v) is 5.25. The second-order valence-electron chi connectivity index (χ2n) is 2.91. The van der Waals surface area contributed by atoms with E-state index in [1.165, 1.54) is 18.4 Å². The van der Waals surface area contributed by atoms with Crippen LogP contribution in [0.2, 0.25) is 0 Å². The second-order valence-corrected chi connectivity index (χ2v) is 3.99. The Labute approximate surface area is 111 Å². The van der Waals surface area contributed by atoms with Crippen LogP contribution in [0.3, 0.4) is 0 Å². The molecule has 4 nitrogen and oxygen atoms in total. The van der Waals surface area contributed by atoms with Gasteiger partial charge in [0, 0.05) is 6.42 Å². The fraction of sp³-hybridized carbons (Fsp3) is 0.556. The Bertz CT molecular complexity index is 331. The molecule has 2 N–H and O–H groups in total. The number of rotatable bonds is 4. The zero-order valence-electron chi connectivity index (χ0n) is 9.19. The molecule has 0 aromatic carbocycles. The second kappa shape index (κ2) is 8.75. The summed E-state index contributed by atoms with van der Waals surface area (Å²) in [6, 6.07) is 0. The molecule has 1 aromatic heterocycles. The van der Waals surface area contributed by atoms with Crippen molar-refractivity contribution in [3.8, 4) is 0 Å². The summed E-state index contributed by atoms with van der Waals surface area (Å²) in [7, 11) is 1.38. The van der Waals surface area contributed by atoms with Crippen LogP contribution in [0.25, 0.3) is 0 Å². The predicted molar refractivity (Wildman–Crippen MR) is 70.1 cm³/mol. The molecule has 0 bridgehead atoms. The van der Waals surface area contributed by atoms with E-state index in [2.05, 4.69) is 9.72 Å². The van der Waals surface area contributed by atoms with E-state index < -0.39 is 0 Å². The third-order valence-corrected chi connectivity index (χ3v) is 3.00. The predicted octanol–water partition coefficient (Wildman–Crippen LogP) is 1.97. The van der Waals surface area contributed by atoms with E-state index in [0.717, 1.165) is 23.5 Å². The van der Waals surface area contributed by atoms with E-state index in [1.54, 1.807) is 0 Å². The maximum atomic E-state index is 11.2. The Hall–Kier alpha value is -0.360. The first kappa shape index (κ1) is 18.0. The molecule has 1 rings (SSSR count). The monoisotopic (exact) mass is 286 g/mol. The highest BCUT2D eigenvalue weighted by Crippen LogP contribution is 2.19. The molecule has 0 radical (unpaired) electrons. The first-order chi connectivity index (χ1) is 6.69. The average Bonchev–Trinajstić information content (AvgIpc) is 2.55. The van der Waals surface area contributed by atoms with Gasteiger partial charge in [-0.3, -0.25) is 0 Å². The van der Waals surface area contributed by atoms with E-state index in [0.29, 0.717) is 11.4 Å². The lowest BCUT2D eigenvalue weighted by atomic mass is 10.3. The lowest BCUT2D eigenvalue weighted by molar-refractivity contribution is 0.0605. The fourth-order valence-electron chi connectivity index (χ4n) is 1.09. The molecule has 0 aliphatic rings. The third-order valence-electron chi connectivity index (χ3n) is 1.81. The molecule has 0 saturated heterocycles. The highest BCUT2D eigenvalue weighted by atomic mass is 35.5. The molecule has 0 aliphatic carbocycles. The van der Waals surface area contributed by atoms with Crippen LogP contribution >= 0.6 is 36.2 Å². The topological polar surface area (TPSA) is 65.2 Å².